The SMILES string of the molecule is O=c1[nH]cnc2c(CN(Cc3ccccc3)CC(O)CO)c[nH]c12. The third kappa shape index (κ3) is 3.70. The smallest absolute Gasteiger partial charge is 0.275 e. The molecule has 0 spiro atoms. The first-order chi connectivity index (χ1) is 11.7. The highest BCUT2D eigenvalue weighted by molar-refractivity contribution is 5.77. The van der Waals surface area contributed by atoms with E-state index in [1.165, 1.54) is 6.33 Å². The molecule has 0 amide bonds. The molecule has 0 aliphatic rings. The summed E-state index contributed by atoms with van der Waals surface area (Å²) in [6, 6.07) is 9.89. The predicted molar refractivity (Wildman–Crippen MR) is 90.4 cm³/mol. The van der Waals surface area contributed by atoms with Crippen LogP contribution in [0.1, 0.15) is 11.1 Å². The highest BCUT2D eigenvalue weighted by Crippen LogP contribution is 2.16. The van der Waals surface area contributed by atoms with Crippen molar-refractivity contribution in [2.75, 3.05) is 13.2 Å². The van der Waals surface area contributed by atoms with E-state index >= 15 is 0 Å². The summed E-state index contributed by atoms with van der Waals surface area (Å²) in [7, 11) is 0. The van der Waals surface area contributed by atoms with Crippen LogP contribution in [0.2, 0.25) is 0 Å². The molecule has 0 radical (unpaired) electrons. The first-order valence-corrected chi connectivity index (χ1v) is 7.76. The van der Waals surface area contributed by atoms with E-state index in [0.29, 0.717) is 30.7 Å². The Balaban J connectivity index is 1.84. The van der Waals surface area contributed by atoms with Crippen molar-refractivity contribution in [3.8, 4) is 0 Å². The molecule has 24 heavy (non-hydrogen) atoms. The van der Waals surface area contributed by atoms with Crippen LogP contribution in [-0.4, -0.2) is 49.3 Å². The number of fused-ring (bicyclic) bond motifs is 1. The molecule has 2 aromatic heterocycles. The lowest BCUT2D eigenvalue weighted by molar-refractivity contribution is 0.0543. The summed E-state index contributed by atoms with van der Waals surface area (Å²) in [5.41, 5.74) is 2.83. The van der Waals surface area contributed by atoms with Crippen molar-refractivity contribution in [3.05, 3.63) is 64.3 Å². The second-order valence-corrected chi connectivity index (χ2v) is 5.76. The van der Waals surface area contributed by atoms with Crippen LogP contribution in [0.4, 0.5) is 0 Å². The molecule has 3 aromatic rings. The lowest BCUT2D eigenvalue weighted by Gasteiger charge is -2.24. The van der Waals surface area contributed by atoms with E-state index in [1.807, 2.05) is 35.2 Å². The molecular weight excluding hydrogens is 308 g/mol. The fourth-order valence-electron chi connectivity index (χ4n) is 2.75. The molecule has 1 aromatic carbocycles. The van der Waals surface area contributed by atoms with Crippen LogP contribution in [0, 0.1) is 0 Å². The third-order valence-corrected chi connectivity index (χ3v) is 3.87. The van der Waals surface area contributed by atoms with Crippen LogP contribution < -0.4 is 5.56 Å². The van der Waals surface area contributed by atoms with Gasteiger partial charge in [-0.3, -0.25) is 9.69 Å². The molecule has 0 bridgehead atoms. The fraction of sp³-hybridized carbons (Fsp3) is 0.294. The maximum atomic E-state index is 11.8. The first kappa shape index (κ1) is 16.4. The number of aromatic amines is 2. The van der Waals surface area contributed by atoms with Gasteiger partial charge >= 0.3 is 0 Å². The summed E-state index contributed by atoms with van der Waals surface area (Å²) in [6.45, 7) is 1.15. The van der Waals surface area contributed by atoms with Crippen molar-refractivity contribution < 1.29 is 10.2 Å². The summed E-state index contributed by atoms with van der Waals surface area (Å²) < 4.78 is 0. The van der Waals surface area contributed by atoms with Crippen molar-refractivity contribution in [2.24, 2.45) is 0 Å². The Bertz CT molecular complexity index is 844. The van der Waals surface area contributed by atoms with Gasteiger partial charge in [0.2, 0.25) is 0 Å². The molecule has 7 nitrogen and oxygen atoms in total. The van der Waals surface area contributed by atoms with E-state index in [9.17, 15) is 9.90 Å². The zero-order chi connectivity index (χ0) is 16.9. The largest absolute Gasteiger partial charge is 0.394 e. The van der Waals surface area contributed by atoms with E-state index in [0.717, 1.165) is 11.1 Å². The Morgan fingerprint density at radius 3 is 2.71 bits per heavy atom. The topological polar surface area (TPSA) is 105 Å². The number of aliphatic hydroxyl groups is 2. The zero-order valence-corrected chi connectivity index (χ0v) is 13.1. The van der Waals surface area contributed by atoms with Gasteiger partial charge in [0, 0.05) is 31.4 Å². The van der Waals surface area contributed by atoms with Gasteiger partial charge in [-0.1, -0.05) is 30.3 Å². The number of nitrogens with one attached hydrogen (secondary N) is 2. The highest BCUT2D eigenvalue weighted by atomic mass is 16.3. The Morgan fingerprint density at radius 2 is 1.96 bits per heavy atom. The molecule has 0 fully saturated rings. The summed E-state index contributed by atoms with van der Waals surface area (Å²) in [4.78, 5) is 23.5. The molecule has 0 aliphatic carbocycles. The van der Waals surface area contributed by atoms with Gasteiger partial charge in [0.15, 0.2) is 0 Å². The van der Waals surface area contributed by atoms with Crippen molar-refractivity contribution >= 4 is 11.0 Å². The molecule has 3 rings (SSSR count). The van der Waals surface area contributed by atoms with Gasteiger partial charge in [-0.25, -0.2) is 4.98 Å². The van der Waals surface area contributed by atoms with Crippen molar-refractivity contribution in [1.82, 2.24) is 19.9 Å². The number of aromatic nitrogens is 3. The monoisotopic (exact) mass is 328 g/mol. The van der Waals surface area contributed by atoms with E-state index in [-0.39, 0.29) is 12.2 Å². The van der Waals surface area contributed by atoms with Crippen LogP contribution in [-0.2, 0) is 13.1 Å². The molecule has 4 N–H and O–H groups in total. The summed E-state index contributed by atoms with van der Waals surface area (Å²) in [5.74, 6) is 0. The maximum Gasteiger partial charge on any atom is 0.275 e. The van der Waals surface area contributed by atoms with Gasteiger partial charge < -0.3 is 20.2 Å². The predicted octanol–water partition coefficient (Wildman–Crippen LogP) is 0.607. The Morgan fingerprint density at radius 1 is 1.17 bits per heavy atom. The van der Waals surface area contributed by atoms with Gasteiger partial charge in [0.05, 0.1) is 24.6 Å². The van der Waals surface area contributed by atoms with Gasteiger partial charge in [0.25, 0.3) is 5.56 Å². The summed E-state index contributed by atoms with van der Waals surface area (Å²) >= 11 is 0. The number of hydrogen-bond acceptors (Lipinski definition) is 5. The second kappa shape index (κ2) is 7.39. The lowest BCUT2D eigenvalue weighted by Crippen LogP contribution is -2.33. The molecule has 0 saturated carbocycles. The molecule has 126 valence electrons. The maximum absolute atomic E-state index is 11.8. The second-order valence-electron chi connectivity index (χ2n) is 5.76. The van der Waals surface area contributed by atoms with Crippen molar-refractivity contribution in [3.63, 3.8) is 0 Å². The number of hydrogen-bond donors (Lipinski definition) is 4. The molecular formula is C17H20N4O3. The minimum Gasteiger partial charge on any atom is -0.394 e. The molecule has 0 saturated heterocycles. The Labute approximate surface area is 138 Å². The quantitative estimate of drug-likeness (QED) is 0.508. The fourth-order valence-corrected chi connectivity index (χ4v) is 2.75. The highest BCUT2D eigenvalue weighted by Gasteiger charge is 2.15. The number of benzene rings is 1. The van der Waals surface area contributed by atoms with Gasteiger partial charge in [0.1, 0.15) is 5.52 Å². The van der Waals surface area contributed by atoms with Crippen LogP contribution in [0.3, 0.4) is 0 Å². The van der Waals surface area contributed by atoms with E-state index in [1.54, 1.807) is 6.20 Å². The number of rotatable bonds is 7. The molecule has 0 aliphatic heterocycles. The van der Waals surface area contributed by atoms with Gasteiger partial charge in [-0.15, -0.1) is 0 Å². The van der Waals surface area contributed by atoms with E-state index < -0.39 is 6.10 Å². The van der Waals surface area contributed by atoms with E-state index in [4.69, 9.17) is 5.11 Å². The number of aliphatic hydroxyl groups excluding tert-OH is 2. The number of nitrogens with zero attached hydrogens (tertiary/aromatic N) is 2. The molecule has 1 unspecified atom stereocenters. The number of H-pyrrole nitrogens is 2. The van der Waals surface area contributed by atoms with Crippen molar-refractivity contribution in [1.29, 1.82) is 0 Å². The minimum atomic E-state index is -0.824. The van der Waals surface area contributed by atoms with Crippen LogP contribution in [0.5, 0.6) is 0 Å². The zero-order valence-electron chi connectivity index (χ0n) is 13.1. The summed E-state index contributed by atoms with van der Waals surface area (Å²) in [6.07, 6.45) is 2.32. The normalized spacial score (nSPS) is 12.8. The molecule has 2 heterocycles. The van der Waals surface area contributed by atoms with Crippen LogP contribution >= 0.6 is 0 Å². The van der Waals surface area contributed by atoms with Crippen LogP contribution in [0.25, 0.3) is 11.0 Å². The van der Waals surface area contributed by atoms with Gasteiger partial charge in [-0.05, 0) is 5.56 Å². The Kier molecular flexibility index (Phi) is 5.05. The molecule has 7 heteroatoms. The molecule has 1 atom stereocenters. The summed E-state index contributed by atoms with van der Waals surface area (Å²) in [5, 5.41) is 19.0. The third-order valence-electron chi connectivity index (χ3n) is 3.87. The first-order valence-electron chi connectivity index (χ1n) is 7.76. The van der Waals surface area contributed by atoms with E-state index in [2.05, 4.69) is 15.0 Å². The minimum absolute atomic E-state index is 0.212. The van der Waals surface area contributed by atoms with Crippen molar-refractivity contribution in [2.45, 2.75) is 19.2 Å². The standard InChI is InChI=1S/C17H20N4O3/c22-10-14(23)9-21(7-12-4-2-1-3-5-12)8-13-6-18-16-15(13)19-11-20-17(16)24/h1-6,11,14,18,22-23H,7-10H2,(H,19,20,24). The lowest BCUT2D eigenvalue weighted by atomic mass is 10.2. The Hall–Kier alpha value is -2.48. The van der Waals surface area contributed by atoms with Gasteiger partial charge in [-0.2, -0.15) is 0 Å². The average Bonchev–Trinajstić information content (AvgIpc) is 3.00. The van der Waals surface area contributed by atoms with Crippen LogP contribution in [0.15, 0.2) is 47.7 Å². The average molecular weight is 328 g/mol.